The van der Waals surface area contributed by atoms with Gasteiger partial charge in [-0.05, 0) is 12.1 Å². The second-order valence-corrected chi connectivity index (χ2v) is 3.29. The highest BCUT2D eigenvalue weighted by Gasteiger charge is 2.12. The van der Waals surface area contributed by atoms with Crippen LogP contribution in [0.25, 0.3) is 6.08 Å². The average molecular weight is 236 g/mol. The Morgan fingerprint density at radius 2 is 1.94 bits per heavy atom. The molecular formula is C12H12O5. The molecular weight excluding hydrogens is 224 g/mol. The van der Waals surface area contributed by atoms with Crippen LogP contribution in [0.2, 0.25) is 0 Å². The smallest absolute Gasteiger partial charge is 0.332 e. The van der Waals surface area contributed by atoms with E-state index in [1.165, 1.54) is 13.2 Å². The second kappa shape index (κ2) is 5.69. The predicted octanol–water partition coefficient (Wildman–Crippen LogP) is 1.64. The number of carboxylic acid groups (broad SMARTS) is 2. The van der Waals surface area contributed by atoms with Crippen LogP contribution in [0.4, 0.5) is 0 Å². The molecule has 1 rings (SSSR count). The molecule has 0 fully saturated rings. The first-order chi connectivity index (χ1) is 8.04. The molecule has 0 radical (unpaired) electrons. The lowest BCUT2D eigenvalue weighted by Gasteiger charge is -2.05. The van der Waals surface area contributed by atoms with E-state index >= 15 is 0 Å². The van der Waals surface area contributed by atoms with Crippen molar-refractivity contribution in [2.45, 2.75) is 6.42 Å². The standard InChI is InChI=1S/C12H12O5/c1-17-10-5-3-2-4-8(10)6-9(12(15)16)7-11(13)14/h2-6H,7H2,1H3,(H,13,14)(H,15,16)/b9-6-. The summed E-state index contributed by atoms with van der Waals surface area (Å²) in [5, 5.41) is 17.5. The van der Waals surface area contributed by atoms with Crippen molar-refractivity contribution in [3.8, 4) is 5.75 Å². The fraction of sp³-hybridized carbons (Fsp3) is 0.167. The summed E-state index contributed by atoms with van der Waals surface area (Å²) in [7, 11) is 1.46. The maximum absolute atomic E-state index is 10.9. The Bertz CT molecular complexity index is 462. The molecule has 17 heavy (non-hydrogen) atoms. The van der Waals surface area contributed by atoms with Crippen molar-refractivity contribution >= 4 is 18.0 Å². The van der Waals surface area contributed by atoms with Crippen molar-refractivity contribution in [3.05, 3.63) is 35.4 Å². The Balaban J connectivity index is 3.12. The fourth-order valence-electron chi connectivity index (χ4n) is 1.32. The molecule has 0 spiro atoms. The van der Waals surface area contributed by atoms with E-state index in [0.717, 1.165) is 0 Å². The van der Waals surface area contributed by atoms with Crippen molar-refractivity contribution in [3.63, 3.8) is 0 Å². The lowest BCUT2D eigenvalue weighted by molar-refractivity contribution is -0.139. The number of hydrogen-bond donors (Lipinski definition) is 2. The van der Waals surface area contributed by atoms with E-state index < -0.39 is 18.4 Å². The van der Waals surface area contributed by atoms with Gasteiger partial charge in [0.15, 0.2) is 0 Å². The number of para-hydroxylation sites is 1. The van der Waals surface area contributed by atoms with E-state index in [-0.39, 0.29) is 5.57 Å². The normalized spacial score (nSPS) is 11.0. The van der Waals surface area contributed by atoms with Gasteiger partial charge in [-0.1, -0.05) is 18.2 Å². The molecule has 1 aromatic rings. The van der Waals surface area contributed by atoms with E-state index in [0.29, 0.717) is 11.3 Å². The van der Waals surface area contributed by atoms with Gasteiger partial charge in [-0.2, -0.15) is 0 Å². The molecule has 0 aliphatic rings. The summed E-state index contributed by atoms with van der Waals surface area (Å²) in [6.07, 6.45) is 0.767. The number of aliphatic carboxylic acids is 2. The third-order valence-corrected chi connectivity index (χ3v) is 2.09. The number of carbonyl (C=O) groups is 2. The molecule has 0 saturated carbocycles. The summed E-state index contributed by atoms with van der Waals surface area (Å²) in [5.74, 6) is -1.94. The molecule has 0 heterocycles. The van der Waals surface area contributed by atoms with Crippen molar-refractivity contribution in [1.29, 1.82) is 0 Å². The summed E-state index contributed by atoms with van der Waals surface area (Å²) in [4.78, 5) is 21.4. The second-order valence-electron chi connectivity index (χ2n) is 3.29. The maximum atomic E-state index is 10.9. The highest BCUT2D eigenvalue weighted by atomic mass is 16.5. The summed E-state index contributed by atoms with van der Waals surface area (Å²) < 4.78 is 5.05. The van der Waals surface area contributed by atoms with Gasteiger partial charge >= 0.3 is 11.9 Å². The first kappa shape index (κ1) is 12.8. The van der Waals surface area contributed by atoms with Crippen molar-refractivity contribution in [2.24, 2.45) is 0 Å². The van der Waals surface area contributed by atoms with E-state index in [1.807, 2.05) is 0 Å². The number of benzene rings is 1. The molecule has 0 amide bonds. The average Bonchev–Trinajstić information content (AvgIpc) is 2.28. The van der Waals surface area contributed by atoms with Gasteiger partial charge in [0.2, 0.25) is 0 Å². The molecule has 0 aliphatic carbocycles. The van der Waals surface area contributed by atoms with Gasteiger partial charge < -0.3 is 14.9 Å². The lowest BCUT2D eigenvalue weighted by atomic mass is 10.1. The highest BCUT2D eigenvalue weighted by molar-refractivity contribution is 5.97. The van der Waals surface area contributed by atoms with Crippen molar-refractivity contribution in [1.82, 2.24) is 0 Å². The van der Waals surface area contributed by atoms with Gasteiger partial charge in [0.25, 0.3) is 0 Å². The van der Waals surface area contributed by atoms with Crippen LogP contribution in [0.3, 0.4) is 0 Å². The molecule has 5 heteroatoms. The van der Waals surface area contributed by atoms with Crippen LogP contribution in [0, 0.1) is 0 Å². The van der Waals surface area contributed by atoms with Gasteiger partial charge in [-0.15, -0.1) is 0 Å². The number of rotatable bonds is 5. The number of carboxylic acids is 2. The number of methoxy groups -OCH3 is 1. The van der Waals surface area contributed by atoms with Crippen LogP contribution in [0.15, 0.2) is 29.8 Å². The molecule has 5 nitrogen and oxygen atoms in total. The first-order valence-corrected chi connectivity index (χ1v) is 4.83. The minimum absolute atomic E-state index is 0.193. The summed E-state index contributed by atoms with van der Waals surface area (Å²) in [5.41, 5.74) is 0.343. The third kappa shape index (κ3) is 3.64. The quantitative estimate of drug-likeness (QED) is 0.759. The Morgan fingerprint density at radius 3 is 2.47 bits per heavy atom. The summed E-state index contributed by atoms with van der Waals surface area (Å²) in [6, 6.07) is 6.79. The lowest BCUT2D eigenvalue weighted by Crippen LogP contribution is -2.06. The molecule has 0 aromatic heterocycles. The van der Waals surface area contributed by atoms with Gasteiger partial charge in [-0.25, -0.2) is 4.79 Å². The van der Waals surface area contributed by atoms with Crippen LogP contribution < -0.4 is 4.74 Å². The molecule has 0 aliphatic heterocycles. The topological polar surface area (TPSA) is 83.8 Å². The molecule has 1 aromatic carbocycles. The first-order valence-electron chi connectivity index (χ1n) is 4.83. The minimum Gasteiger partial charge on any atom is -0.496 e. The monoisotopic (exact) mass is 236 g/mol. The van der Waals surface area contributed by atoms with Gasteiger partial charge in [0, 0.05) is 11.1 Å². The molecule has 90 valence electrons. The van der Waals surface area contributed by atoms with E-state index in [9.17, 15) is 9.59 Å². The number of ether oxygens (including phenoxy) is 1. The van der Waals surface area contributed by atoms with Crippen molar-refractivity contribution < 1.29 is 24.5 Å². The minimum atomic E-state index is -1.25. The Morgan fingerprint density at radius 1 is 1.29 bits per heavy atom. The molecule has 0 unspecified atom stereocenters. The van der Waals surface area contributed by atoms with Gasteiger partial charge in [0.1, 0.15) is 5.75 Å². The SMILES string of the molecule is COc1ccccc1/C=C(/CC(=O)O)C(=O)O. The fourth-order valence-corrected chi connectivity index (χ4v) is 1.32. The van der Waals surface area contributed by atoms with Crippen LogP contribution in [0.5, 0.6) is 5.75 Å². The van der Waals surface area contributed by atoms with Crippen LogP contribution >= 0.6 is 0 Å². The summed E-state index contributed by atoms with van der Waals surface area (Å²) >= 11 is 0. The maximum Gasteiger partial charge on any atom is 0.332 e. The zero-order chi connectivity index (χ0) is 12.8. The highest BCUT2D eigenvalue weighted by Crippen LogP contribution is 2.21. The Hall–Kier alpha value is -2.30. The van der Waals surface area contributed by atoms with E-state index in [4.69, 9.17) is 14.9 Å². The van der Waals surface area contributed by atoms with Crippen LogP contribution in [-0.4, -0.2) is 29.3 Å². The van der Waals surface area contributed by atoms with Gasteiger partial charge in [-0.3, -0.25) is 4.79 Å². The van der Waals surface area contributed by atoms with E-state index in [2.05, 4.69) is 0 Å². The summed E-state index contributed by atoms with van der Waals surface area (Å²) in [6.45, 7) is 0. The molecule has 2 N–H and O–H groups in total. The van der Waals surface area contributed by atoms with Crippen LogP contribution in [0.1, 0.15) is 12.0 Å². The molecule has 0 atom stereocenters. The molecule has 0 bridgehead atoms. The van der Waals surface area contributed by atoms with Crippen molar-refractivity contribution in [2.75, 3.05) is 7.11 Å². The Labute approximate surface area is 98.0 Å². The number of hydrogen-bond acceptors (Lipinski definition) is 3. The third-order valence-electron chi connectivity index (χ3n) is 2.09. The molecule has 0 saturated heterocycles. The van der Waals surface area contributed by atoms with Gasteiger partial charge in [0.05, 0.1) is 13.5 Å². The predicted molar refractivity (Wildman–Crippen MR) is 60.9 cm³/mol. The zero-order valence-electron chi connectivity index (χ0n) is 9.21. The zero-order valence-corrected chi connectivity index (χ0v) is 9.21. The van der Waals surface area contributed by atoms with Crippen LogP contribution in [-0.2, 0) is 9.59 Å². The largest absolute Gasteiger partial charge is 0.496 e. The van der Waals surface area contributed by atoms with E-state index in [1.54, 1.807) is 24.3 Å². The Kier molecular flexibility index (Phi) is 4.28.